The van der Waals surface area contributed by atoms with Gasteiger partial charge in [0.15, 0.2) is 5.13 Å². The number of anilines is 2. The molecule has 0 bridgehead atoms. The SMILES string of the molecule is Cc1nc(N(C)C(=O)C2CN(c3ccc(-c4ccccc4F)cc3)C2)sc1S(N)=O. The molecule has 0 aliphatic carbocycles. The predicted molar refractivity (Wildman–Crippen MR) is 118 cm³/mol. The lowest BCUT2D eigenvalue weighted by molar-refractivity contribution is -0.122. The predicted octanol–water partition coefficient (Wildman–Crippen LogP) is 3.34. The molecule has 1 saturated heterocycles. The topological polar surface area (TPSA) is 79.5 Å². The first kappa shape index (κ1) is 20.6. The van der Waals surface area contributed by atoms with E-state index in [9.17, 15) is 13.4 Å². The van der Waals surface area contributed by atoms with Gasteiger partial charge in [-0.25, -0.2) is 18.7 Å². The van der Waals surface area contributed by atoms with E-state index in [1.807, 2.05) is 30.3 Å². The number of aromatic nitrogens is 1. The van der Waals surface area contributed by atoms with Crippen LogP contribution in [-0.2, 0) is 15.8 Å². The number of halogens is 1. The first-order chi connectivity index (χ1) is 14.3. The Kier molecular flexibility index (Phi) is 5.68. The summed E-state index contributed by atoms with van der Waals surface area (Å²) in [7, 11) is 0.0665. The molecular weight excluding hydrogens is 423 g/mol. The molecule has 2 aromatic carbocycles. The van der Waals surface area contributed by atoms with E-state index in [-0.39, 0.29) is 17.6 Å². The number of nitrogens with zero attached hydrogens (tertiary/aromatic N) is 3. The Morgan fingerprint density at radius 2 is 1.90 bits per heavy atom. The van der Waals surface area contributed by atoms with Gasteiger partial charge in [0.25, 0.3) is 0 Å². The van der Waals surface area contributed by atoms with Gasteiger partial charge < -0.3 is 4.90 Å². The maximum Gasteiger partial charge on any atom is 0.235 e. The summed E-state index contributed by atoms with van der Waals surface area (Å²) in [5, 5.41) is 5.95. The maximum absolute atomic E-state index is 14.0. The van der Waals surface area contributed by atoms with Crippen LogP contribution in [0.15, 0.2) is 52.7 Å². The molecule has 1 atom stereocenters. The number of hydrogen-bond donors (Lipinski definition) is 1. The van der Waals surface area contributed by atoms with Crippen LogP contribution < -0.4 is 14.9 Å². The van der Waals surface area contributed by atoms with Crippen molar-refractivity contribution in [1.82, 2.24) is 4.98 Å². The summed E-state index contributed by atoms with van der Waals surface area (Å²) in [6.07, 6.45) is 0. The van der Waals surface area contributed by atoms with E-state index >= 15 is 0 Å². The van der Waals surface area contributed by atoms with Crippen molar-refractivity contribution in [2.75, 3.05) is 29.9 Å². The molecule has 1 amide bonds. The van der Waals surface area contributed by atoms with Crippen molar-refractivity contribution in [2.24, 2.45) is 11.1 Å². The molecule has 1 aromatic heterocycles. The van der Waals surface area contributed by atoms with Crippen LogP contribution >= 0.6 is 11.3 Å². The monoisotopic (exact) mass is 444 g/mol. The Balaban J connectivity index is 1.40. The van der Waals surface area contributed by atoms with Crippen molar-refractivity contribution in [3.8, 4) is 11.1 Å². The van der Waals surface area contributed by atoms with E-state index in [1.165, 1.54) is 22.3 Å². The van der Waals surface area contributed by atoms with Crippen LogP contribution in [0.3, 0.4) is 0 Å². The summed E-state index contributed by atoms with van der Waals surface area (Å²) in [6.45, 7) is 2.93. The molecule has 0 saturated carbocycles. The zero-order chi connectivity index (χ0) is 21.4. The zero-order valence-corrected chi connectivity index (χ0v) is 18.2. The van der Waals surface area contributed by atoms with Crippen molar-refractivity contribution in [1.29, 1.82) is 0 Å². The van der Waals surface area contributed by atoms with Crippen molar-refractivity contribution < 1.29 is 13.4 Å². The molecule has 3 aromatic rings. The summed E-state index contributed by atoms with van der Waals surface area (Å²) in [6, 6.07) is 14.4. The van der Waals surface area contributed by atoms with E-state index in [0.717, 1.165) is 11.3 Å². The Labute approximate surface area is 180 Å². The average Bonchev–Trinajstić information content (AvgIpc) is 3.09. The molecule has 30 heavy (non-hydrogen) atoms. The number of benzene rings is 2. The number of nitrogens with two attached hydrogens (primary N) is 1. The normalized spacial score (nSPS) is 15.0. The van der Waals surface area contributed by atoms with Crippen molar-refractivity contribution in [3.63, 3.8) is 0 Å². The zero-order valence-electron chi connectivity index (χ0n) is 16.5. The van der Waals surface area contributed by atoms with Gasteiger partial charge in [0.2, 0.25) is 5.91 Å². The highest BCUT2D eigenvalue weighted by Gasteiger charge is 2.36. The molecule has 156 valence electrons. The first-order valence-electron chi connectivity index (χ1n) is 9.36. The second kappa shape index (κ2) is 8.25. The Morgan fingerprint density at radius 3 is 2.50 bits per heavy atom. The highest BCUT2D eigenvalue weighted by atomic mass is 32.2. The van der Waals surface area contributed by atoms with Gasteiger partial charge in [0.1, 0.15) is 21.0 Å². The molecular formula is C21H21FN4O2S2. The lowest BCUT2D eigenvalue weighted by Gasteiger charge is -2.41. The van der Waals surface area contributed by atoms with Gasteiger partial charge >= 0.3 is 0 Å². The van der Waals surface area contributed by atoms with Gasteiger partial charge in [0.05, 0.1) is 11.6 Å². The summed E-state index contributed by atoms with van der Waals surface area (Å²) in [5.74, 6) is -0.420. The first-order valence-corrected chi connectivity index (χ1v) is 11.4. The number of carbonyl (C=O) groups excluding carboxylic acids is 1. The van der Waals surface area contributed by atoms with Crippen LogP contribution in [0.2, 0.25) is 0 Å². The van der Waals surface area contributed by atoms with Gasteiger partial charge in [-0.15, -0.1) is 0 Å². The Bertz CT molecular complexity index is 1110. The lowest BCUT2D eigenvalue weighted by Crippen LogP contribution is -2.54. The van der Waals surface area contributed by atoms with Gasteiger partial charge in [-0.2, -0.15) is 0 Å². The quantitative estimate of drug-likeness (QED) is 0.655. The van der Waals surface area contributed by atoms with Gasteiger partial charge in [-0.05, 0) is 30.7 Å². The number of amides is 1. The van der Waals surface area contributed by atoms with E-state index in [1.54, 1.807) is 26.1 Å². The molecule has 1 aliphatic heterocycles. The fourth-order valence-electron chi connectivity index (χ4n) is 3.46. The van der Waals surface area contributed by atoms with Crippen LogP contribution in [0.5, 0.6) is 0 Å². The van der Waals surface area contributed by atoms with E-state index in [2.05, 4.69) is 9.88 Å². The third-order valence-corrected chi connectivity index (χ3v) is 7.62. The van der Waals surface area contributed by atoms with Crippen LogP contribution in [0.4, 0.5) is 15.2 Å². The number of carbonyl (C=O) groups is 1. The summed E-state index contributed by atoms with van der Waals surface area (Å²) >= 11 is 1.18. The van der Waals surface area contributed by atoms with E-state index in [4.69, 9.17) is 5.14 Å². The second-order valence-corrected chi connectivity index (χ2v) is 9.43. The van der Waals surface area contributed by atoms with Gasteiger partial charge in [-0.1, -0.05) is 41.7 Å². The largest absolute Gasteiger partial charge is 0.370 e. The summed E-state index contributed by atoms with van der Waals surface area (Å²) in [5.41, 5.74) is 2.96. The molecule has 1 unspecified atom stereocenters. The summed E-state index contributed by atoms with van der Waals surface area (Å²) < 4.78 is 26.0. The molecule has 0 spiro atoms. The minimum Gasteiger partial charge on any atom is -0.370 e. The van der Waals surface area contributed by atoms with Crippen molar-refractivity contribution >= 4 is 39.0 Å². The fourth-order valence-corrected chi connectivity index (χ4v) is 5.12. The molecule has 6 nitrogen and oxygen atoms in total. The molecule has 1 fully saturated rings. The minimum atomic E-state index is -1.61. The lowest BCUT2D eigenvalue weighted by atomic mass is 9.97. The van der Waals surface area contributed by atoms with Crippen LogP contribution in [0.1, 0.15) is 5.69 Å². The van der Waals surface area contributed by atoms with Gasteiger partial charge in [0, 0.05) is 31.4 Å². The third kappa shape index (κ3) is 3.88. The number of thiazole rings is 1. The highest BCUT2D eigenvalue weighted by molar-refractivity contribution is 7.85. The molecule has 0 radical (unpaired) electrons. The average molecular weight is 445 g/mol. The standard InChI is InChI=1S/C21H21FN4O2S2/c1-13-20(30(23)28)29-21(24-13)25(2)19(27)15-11-26(12-15)16-9-7-14(8-10-16)17-5-3-4-6-18(17)22/h3-10,15H,11-12,23H2,1-2H3. The molecule has 1 aliphatic rings. The fraction of sp³-hybridized carbons (Fsp3) is 0.238. The molecule has 2 N–H and O–H groups in total. The van der Waals surface area contributed by atoms with Gasteiger partial charge in [-0.3, -0.25) is 9.69 Å². The Morgan fingerprint density at radius 1 is 1.23 bits per heavy atom. The van der Waals surface area contributed by atoms with Crippen LogP contribution in [0, 0.1) is 18.7 Å². The molecule has 4 rings (SSSR count). The minimum absolute atomic E-state index is 0.0302. The van der Waals surface area contributed by atoms with E-state index < -0.39 is 11.0 Å². The van der Waals surface area contributed by atoms with E-state index in [0.29, 0.717) is 33.7 Å². The maximum atomic E-state index is 14.0. The Hall–Kier alpha value is -2.62. The molecule has 9 heteroatoms. The number of aryl methyl sites for hydroxylation is 1. The van der Waals surface area contributed by atoms with Crippen LogP contribution in [0.25, 0.3) is 11.1 Å². The third-order valence-electron chi connectivity index (χ3n) is 5.19. The number of hydrogen-bond acceptors (Lipinski definition) is 5. The number of rotatable bonds is 5. The summed E-state index contributed by atoms with van der Waals surface area (Å²) in [4.78, 5) is 20.7. The highest BCUT2D eigenvalue weighted by Crippen LogP contribution is 2.32. The smallest absolute Gasteiger partial charge is 0.235 e. The van der Waals surface area contributed by atoms with Crippen molar-refractivity contribution in [2.45, 2.75) is 11.1 Å². The van der Waals surface area contributed by atoms with Crippen LogP contribution in [-0.4, -0.2) is 35.2 Å². The second-order valence-electron chi connectivity index (χ2n) is 7.19. The van der Waals surface area contributed by atoms with Crippen molar-refractivity contribution in [3.05, 3.63) is 60.0 Å². The molecule has 2 heterocycles.